The molecule has 0 radical (unpaired) electrons. The molecule has 3 aromatic rings. The summed E-state index contributed by atoms with van der Waals surface area (Å²) >= 11 is 0. The van der Waals surface area contributed by atoms with Crippen LogP contribution in [-0.2, 0) is 16.0 Å². The number of hydrogen-bond acceptors (Lipinski definition) is 6. The van der Waals surface area contributed by atoms with Gasteiger partial charge in [-0.2, -0.15) is 0 Å². The fraction of sp³-hybridized carbons (Fsp3) is 0.150. The first-order valence-corrected chi connectivity index (χ1v) is 8.17. The Labute approximate surface area is 155 Å². The number of carbonyl (C=O) groups is 2. The minimum atomic E-state index is -0.429. The van der Waals surface area contributed by atoms with Crippen LogP contribution in [0.25, 0.3) is 11.3 Å². The molecule has 0 aliphatic carbocycles. The zero-order valence-electron chi connectivity index (χ0n) is 14.9. The van der Waals surface area contributed by atoms with Crippen molar-refractivity contribution in [3.8, 4) is 17.1 Å². The molecule has 0 spiro atoms. The summed E-state index contributed by atoms with van der Waals surface area (Å²) in [5.74, 6) is 0.649. The van der Waals surface area contributed by atoms with E-state index in [-0.39, 0.29) is 12.3 Å². The predicted octanol–water partition coefficient (Wildman–Crippen LogP) is 3.32. The molecule has 0 saturated heterocycles. The van der Waals surface area contributed by atoms with E-state index in [2.05, 4.69) is 15.2 Å². The van der Waals surface area contributed by atoms with Crippen LogP contribution in [0, 0.1) is 0 Å². The van der Waals surface area contributed by atoms with Gasteiger partial charge in [0.05, 0.1) is 31.9 Å². The van der Waals surface area contributed by atoms with Crippen LogP contribution in [0.15, 0.2) is 59.1 Å². The minimum Gasteiger partial charge on any atom is -0.497 e. The lowest BCUT2D eigenvalue weighted by Crippen LogP contribution is -2.14. The van der Waals surface area contributed by atoms with Gasteiger partial charge < -0.3 is 19.3 Å². The van der Waals surface area contributed by atoms with Gasteiger partial charge in [-0.05, 0) is 48.5 Å². The largest absolute Gasteiger partial charge is 0.497 e. The number of hydrogen-bond donors (Lipinski definition) is 1. The molecule has 0 unspecified atom stereocenters. The average molecular weight is 366 g/mol. The zero-order chi connectivity index (χ0) is 19.2. The lowest BCUT2D eigenvalue weighted by atomic mass is 10.1. The molecule has 3 rings (SSSR count). The third-order valence-electron chi connectivity index (χ3n) is 3.86. The van der Waals surface area contributed by atoms with Crippen molar-refractivity contribution >= 4 is 17.6 Å². The van der Waals surface area contributed by atoms with E-state index < -0.39 is 5.97 Å². The van der Waals surface area contributed by atoms with Gasteiger partial charge in [0.25, 0.3) is 0 Å². The molecule has 138 valence electrons. The van der Waals surface area contributed by atoms with Gasteiger partial charge in [0.15, 0.2) is 5.76 Å². The Bertz CT molecular complexity index is 930. The van der Waals surface area contributed by atoms with E-state index in [1.54, 1.807) is 37.4 Å². The smallest absolute Gasteiger partial charge is 0.337 e. The number of amides is 1. The van der Waals surface area contributed by atoms with Crippen molar-refractivity contribution in [2.75, 3.05) is 19.5 Å². The zero-order valence-corrected chi connectivity index (χ0v) is 14.9. The second-order valence-electron chi connectivity index (χ2n) is 5.70. The highest BCUT2D eigenvalue weighted by molar-refractivity contribution is 5.93. The maximum Gasteiger partial charge on any atom is 0.337 e. The van der Waals surface area contributed by atoms with Crippen LogP contribution >= 0.6 is 0 Å². The number of anilines is 1. The summed E-state index contributed by atoms with van der Waals surface area (Å²) in [7, 11) is 2.92. The molecule has 1 amide bonds. The first kappa shape index (κ1) is 18.2. The van der Waals surface area contributed by atoms with Crippen LogP contribution in [0.4, 0.5) is 5.69 Å². The third-order valence-corrected chi connectivity index (χ3v) is 3.86. The molecular weight excluding hydrogens is 348 g/mol. The SMILES string of the molecule is COC(=O)c1ccc(NC(=O)Cc2cc(-c3ccc(OC)cc3)on2)cc1. The van der Waals surface area contributed by atoms with Crippen molar-refractivity contribution in [2.24, 2.45) is 0 Å². The second kappa shape index (κ2) is 8.18. The highest BCUT2D eigenvalue weighted by Crippen LogP contribution is 2.23. The van der Waals surface area contributed by atoms with Crippen LogP contribution in [0.5, 0.6) is 5.75 Å². The van der Waals surface area contributed by atoms with Gasteiger partial charge in [-0.1, -0.05) is 5.16 Å². The third kappa shape index (κ3) is 4.52. The van der Waals surface area contributed by atoms with E-state index in [1.807, 2.05) is 24.3 Å². The fourth-order valence-corrected chi connectivity index (χ4v) is 2.46. The normalized spacial score (nSPS) is 10.3. The first-order valence-electron chi connectivity index (χ1n) is 8.17. The highest BCUT2D eigenvalue weighted by atomic mass is 16.5. The monoisotopic (exact) mass is 366 g/mol. The number of methoxy groups -OCH3 is 2. The number of esters is 1. The number of nitrogens with one attached hydrogen (secondary N) is 1. The lowest BCUT2D eigenvalue weighted by Gasteiger charge is -2.05. The van der Waals surface area contributed by atoms with Crippen LogP contribution in [-0.4, -0.2) is 31.3 Å². The van der Waals surface area contributed by atoms with Gasteiger partial charge in [-0.25, -0.2) is 4.79 Å². The molecule has 27 heavy (non-hydrogen) atoms. The molecule has 2 aromatic carbocycles. The molecule has 0 bridgehead atoms. The molecule has 0 fully saturated rings. The van der Waals surface area contributed by atoms with Gasteiger partial charge in [-0.3, -0.25) is 4.79 Å². The molecule has 0 saturated carbocycles. The van der Waals surface area contributed by atoms with Crippen molar-refractivity contribution in [1.82, 2.24) is 5.16 Å². The Hall–Kier alpha value is -3.61. The average Bonchev–Trinajstić information content (AvgIpc) is 3.16. The van der Waals surface area contributed by atoms with Crippen LogP contribution in [0.2, 0.25) is 0 Å². The Balaban J connectivity index is 1.61. The van der Waals surface area contributed by atoms with Crippen molar-refractivity contribution in [3.05, 3.63) is 65.9 Å². The van der Waals surface area contributed by atoms with Crippen molar-refractivity contribution in [3.63, 3.8) is 0 Å². The maximum absolute atomic E-state index is 12.2. The molecular formula is C20H18N2O5. The van der Waals surface area contributed by atoms with Gasteiger partial charge >= 0.3 is 5.97 Å². The van der Waals surface area contributed by atoms with Crippen molar-refractivity contribution in [1.29, 1.82) is 0 Å². The number of benzene rings is 2. The first-order chi connectivity index (χ1) is 13.1. The minimum absolute atomic E-state index is 0.0679. The van der Waals surface area contributed by atoms with Crippen LogP contribution in [0.1, 0.15) is 16.1 Å². The summed E-state index contributed by atoms with van der Waals surface area (Å²) in [6, 6.07) is 15.5. The quantitative estimate of drug-likeness (QED) is 0.673. The highest BCUT2D eigenvalue weighted by Gasteiger charge is 2.12. The Kier molecular flexibility index (Phi) is 5.51. The van der Waals surface area contributed by atoms with E-state index in [0.717, 1.165) is 11.3 Å². The summed E-state index contributed by atoms with van der Waals surface area (Å²) in [6.07, 6.45) is 0.0679. The topological polar surface area (TPSA) is 90.7 Å². The standard InChI is InChI=1S/C20H18N2O5/c1-25-17-9-5-13(6-10-17)18-11-16(22-27-18)12-19(23)21-15-7-3-14(4-8-15)20(24)26-2/h3-11H,12H2,1-2H3,(H,21,23). The van der Waals surface area contributed by atoms with E-state index in [9.17, 15) is 9.59 Å². The number of carbonyl (C=O) groups excluding carboxylic acids is 2. The van der Waals surface area contributed by atoms with Gasteiger partial charge in [0.1, 0.15) is 5.75 Å². The summed E-state index contributed by atoms with van der Waals surface area (Å²) in [6.45, 7) is 0. The molecule has 7 heteroatoms. The summed E-state index contributed by atoms with van der Waals surface area (Å²) in [4.78, 5) is 23.6. The molecule has 1 N–H and O–H groups in total. The Morgan fingerprint density at radius 3 is 2.37 bits per heavy atom. The van der Waals surface area contributed by atoms with E-state index in [4.69, 9.17) is 9.26 Å². The summed E-state index contributed by atoms with van der Waals surface area (Å²) in [5.41, 5.74) is 2.35. The van der Waals surface area contributed by atoms with E-state index in [1.165, 1.54) is 7.11 Å². The fourth-order valence-electron chi connectivity index (χ4n) is 2.46. The summed E-state index contributed by atoms with van der Waals surface area (Å²) < 4.78 is 15.1. The van der Waals surface area contributed by atoms with Crippen LogP contribution < -0.4 is 10.1 Å². The maximum atomic E-state index is 12.2. The summed E-state index contributed by atoms with van der Waals surface area (Å²) in [5, 5.41) is 6.69. The molecule has 1 heterocycles. The Morgan fingerprint density at radius 1 is 1.04 bits per heavy atom. The number of aromatic nitrogens is 1. The molecule has 0 aliphatic rings. The van der Waals surface area contributed by atoms with Gasteiger partial charge in [0.2, 0.25) is 5.91 Å². The van der Waals surface area contributed by atoms with E-state index in [0.29, 0.717) is 22.7 Å². The second-order valence-corrected chi connectivity index (χ2v) is 5.70. The van der Waals surface area contributed by atoms with Crippen molar-refractivity contribution in [2.45, 2.75) is 6.42 Å². The molecule has 7 nitrogen and oxygen atoms in total. The molecule has 0 atom stereocenters. The predicted molar refractivity (Wildman–Crippen MR) is 98.6 cm³/mol. The van der Waals surface area contributed by atoms with Gasteiger partial charge in [0, 0.05) is 17.3 Å². The van der Waals surface area contributed by atoms with Crippen molar-refractivity contribution < 1.29 is 23.6 Å². The number of nitrogens with zero attached hydrogens (tertiary/aromatic N) is 1. The Morgan fingerprint density at radius 2 is 1.74 bits per heavy atom. The van der Waals surface area contributed by atoms with E-state index >= 15 is 0 Å². The number of rotatable bonds is 6. The van der Waals surface area contributed by atoms with Crippen LogP contribution in [0.3, 0.4) is 0 Å². The number of ether oxygens (including phenoxy) is 2. The molecule has 1 aromatic heterocycles. The lowest BCUT2D eigenvalue weighted by molar-refractivity contribution is -0.115. The van der Waals surface area contributed by atoms with Gasteiger partial charge in [-0.15, -0.1) is 0 Å². The molecule has 0 aliphatic heterocycles.